The number of pyridine rings is 2. The molecule has 1 fully saturated rings. The Balaban J connectivity index is 1.61. The number of carbonyl (C=O) groups excluding carboxylic acids is 2. The number of benzene rings is 1. The van der Waals surface area contributed by atoms with Gasteiger partial charge in [-0.15, -0.1) is 0 Å². The molecule has 0 radical (unpaired) electrons. The van der Waals surface area contributed by atoms with E-state index in [4.69, 9.17) is 19.2 Å². The van der Waals surface area contributed by atoms with Crippen molar-refractivity contribution in [3.8, 4) is 22.5 Å². The summed E-state index contributed by atoms with van der Waals surface area (Å²) in [5.41, 5.74) is 0.609. The van der Waals surface area contributed by atoms with Crippen LogP contribution < -0.4 is 4.90 Å². The van der Waals surface area contributed by atoms with E-state index in [9.17, 15) is 14.0 Å². The van der Waals surface area contributed by atoms with Crippen LogP contribution in [-0.4, -0.2) is 80.7 Å². The van der Waals surface area contributed by atoms with Crippen molar-refractivity contribution >= 4 is 28.9 Å². The van der Waals surface area contributed by atoms with Gasteiger partial charge in [-0.25, -0.2) is 28.9 Å². The summed E-state index contributed by atoms with van der Waals surface area (Å²) >= 11 is 0. The molecule has 0 aliphatic carbocycles. The van der Waals surface area contributed by atoms with Crippen molar-refractivity contribution in [3.63, 3.8) is 0 Å². The van der Waals surface area contributed by atoms with Gasteiger partial charge in [0.1, 0.15) is 22.5 Å². The molecule has 0 unspecified atom stereocenters. The van der Waals surface area contributed by atoms with E-state index in [1.54, 1.807) is 78.3 Å². The van der Waals surface area contributed by atoms with E-state index >= 15 is 0 Å². The summed E-state index contributed by atoms with van der Waals surface area (Å²) in [6.07, 6.45) is 3.30. The maximum absolute atomic E-state index is 14.2. The minimum atomic E-state index is -0.969. The molecule has 1 aliphatic rings. The molecule has 0 spiro atoms. The van der Waals surface area contributed by atoms with Gasteiger partial charge < -0.3 is 18.8 Å². The molecule has 0 saturated carbocycles. The first kappa shape index (κ1) is 32.0. The number of morpholine rings is 1. The normalized spacial score (nSPS) is 14.4. The molecule has 5 rings (SSSR count). The molecule has 1 aromatic carbocycles. The zero-order chi connectivity index (χ0) is 32.4. The molecule has 238 valence electrons. The van der Waals surface area contributed by atoms with Crippen LogP contribution in [0.15, 0.2) is 55.1 Å². The Bertz CT molecular complexity index is 1660. The highest BCUT2D eigenvalue weighted by Gasteiger charge is 2.35. The zero-order valence-electron chi connectivity index (χ0n) is 26.5. The Morgan fingerprint density at radius 1 is 0.933 bits per heavy atom. The summed E-state index contributed by atoms with van der Waals surface area (Å²) in [5.74, 6) is -0.504. The van der Waals surface area contributed by atoms with Crippen LogP contribution in [0.3, 0.4) is 0 Å². The number of aromatic nitrogens is 4. The van der Waals surface area contributed by atoms with Crippen LogP contribution in [0, 0.1) is 5.82 Å². The minimum Gasteiger partial charge on any atom is -0.443 e. The fraction of sp³-hybridized carbons (Fsp3) is 0.424. The number of ether oxygens (including phenoxy) is 3. The van der Waals surface area contributed by atoms with E-state index in [2.05, 4.69) is 14.9 Å². The fourth-order valence-corrected chi connectivity index (χ4v) is 4.85. The Morgan fingerprint density at radius 2 is 1.62 bits per heavy atom. The lowest BCUT2D eigenvalue weighted by atomic mass is 10.1. The first-order valence-electron chi connectivity index (χ1n) is 14.9. The third kappa shape index (κ3) is 8.00. The summed E-state index contributed by atoms with van der Waals surface area (Å²) in [5, 5.41) is 0.579. The van der Waals surface area contributed by atoms with Crippen molar-refractivity contribution in [1.29, 1.82) is 0 Å². The molecular formula is C33H39FN6O5. The quantitative estimate of drug-likeness (QED) is 0.245. The molecule has 2 amide bonds. The monoisotopic (exact) mass is 618 g/mol. The topological polar surface area (TPSA) is 112 Å². The first-order valence-corrected chi connectivity index (χ1v) is 14.9. The van der Waals surface area contributed by atoms with Crippen molar-refractivity contribution < 1.29 is 28.2 Å². The first-order chi connectivity index (χ1) is 21.3. The van der Waals surface area contributed by atoms with Crippen LogP contribution in [0.2, 0.25) is 0 Å². The van der Waals surface area contributed by atoms with Gasteiger partial charge in [0, 0.05) is 55.1 Å². The van der Waals surface area contributed by atoms with E-state index < -0.39 is 29.2 Å². The van der Waals surface area contributed by atoms with Crippen molar-refractivity contribution in [1.82, 2.24) is 24.4 Å². The number of hydrogen-bond donors (Lipinski definition) is 0. The average molecular weight is 619 g/mol. The molecule has 4 aromatic rings. The van der Waals surface area contributed by atoms with Crippen LogP contribution in [0.25, 0.3) is 33.4 Å². The summed E-state index contributed by atoms with van der Waals surface area (Å²) in [6, 6.07) is 9.58. The predicted molar refractivity (Wildman–Crippen MR) is 168 cm³/mol. The number of fused-ring (bicyclic) bond motifs is 1. The molecule has 3 aromatic heterocycles. The Kier molecular flexibility index (Phi) is 9.17. The Hall–Kier alpha value is -4.42. The molecule has 0 atom stereocenters. The van der Waals surface area contributed by atoms with E-state index in [1.807, 2.05) is 10.8 Å². The molecule has 11 nitrogen and oxygen atoms in total. The maximum Gasteiger partial charge on any atom is 0.425 e. The predicted octanol–water partition coefficient (Wildman–Crippen LogP) is 6.31. The molecular weight excluding hydrogens is 579 g/mol. The van der Waals surface area contributed by atoms with Gasteiger partial charge in [0.25, 0.3) is 0 Å². The second-order valence-corrected chi connectivity index (χ2v) is 12.8. The highest BCUT2D eigenvalue weighted by atomic mass is 19.1. The van der Waals surface area contributed by atoms with Crippen LogP contribution >= 0.6 is 0 Å². The van der Waals surface area contributed by atoms with Gasteiger partial charge in [0.2, 0.25) is 0 Å². The maximum atomic E-state index is 14.2. The number of nitrogens with zero attached hydrogens (tertiary/aromatic N) is 6. The molecule has 1 saturated heterocycles. The number of carbonyl (C=O) groups is 2. The number of hydrogen-bond acceptors (Lipinski definition) is 9. The molecule has 45 heavy (non-hydrogen) atoms. The van der Waals surface area contributed by atoms with Crippen molar-refractivity contribution in [2.24, 2.45) is 0 Å². The van der Waals surface area contributed by atoms with Gasteiger partial charge in [-0.1, -0.05) is 12.1 Å². The number of amides is 2. The van der Waals surface area contributed by atoms with E-state index in [-0.39, 0.29) is 11.3 Å². The van der Waals surface area contributed by atoms with E-state index in [0.717, 1.165) is 44.3 Å². The smallest absolute Gasteiger partial charge is 0.425 e. The van der Waals surface area contributed by atoms with Crippen LogP contribution in [0.4, 0.5) is 19.8 Å². The number of imidazole rings is 1. The number of imide groups is 1. The molecule has 0 bridgehead atoms. The third-order valence-corrected chi connectivity index (χ3v) is 6.88. The van der Waals surface area contributed by atoms with Gasteiger partial charge in [0.05, 0.1) is 30.9 Å². The van der Waals surface area contributed by atoms with E-state index in [1.165, 1.54) is 12.1 Å². The molecule has 1 aliphatic heterocycles. The zero-order valence-corrected chi connectivity index (χ0v) is 26.5. The summed E-state index contributed by atoms with van der Waals surface area (Å²) in [4.78, 5) is 44.2. The largest absolute Gasteiger partial charge is 0.443 e. The molecule has 0 N–H and O–H groups in total. The van der Waals surface area contributed by atoms with Gasteiger partial charge in [-0.3, -0.25) is 4.90 Å². The molecule has 4 heterocycles. The van der Waals surface area contributed by atoms with E-state index in [0.29, 0.717) is 27.9 Å². The van der Waals surface area contributed by atoms with Gasteiger partial charge >= 0.3 is 12.2 Å². The number of rotatable bonds is 6. The Labute approximate surface area is 261 Å². The van der Waals surface area contributed by atoms with Crippen molar-refractivity contribution in [2.45, 2.75) is 59.3 Å². The number of anilines is 1. The lowest BCUT2D eigenvalue weighted by molar-refractivity contribution is 0.0364. The molecule has 12 heteroatoms. The minimum absolute atomic E-state index is 0.0812. The van der Waals surface area contributed by atoms with Gasteiger partial charge in [-0.05, 0) is 65.8 Å². The van der Waals surface area contributed by atoms with Crippen molar-refractivity contribution in [2.75, 3.05) is 37.7 Å². The van der Waals surface area contributed by atoms with Gasteiger partial charge in [-0.2, -0.15) is 4.90 Å². The SMILES string of the molecule is CC(C)(C)OC(=O)N(C(=O)OC(C)(C)C)c1ncc(-c2cn(CCN3CCOCC3)cn2)c2ccc(-c3cccc(F)c3)nc12. The summed E-state index contributed by atoms with van der Waals surface area (Å²) in [7, 11) is 0. The van der Waals surface area contributed by atoms with Crippen LogP contribution in [0.5, 0.6) is 0 Å². The summed E-state index contributed by atoms with van der Waals surface area (Å²) in [6.45, 7) is 15.0. The average Bonchev–Trinajstić information content (AvgIpc) is 3.43. The second kappa shape index (κ2) is 12.9. The lowest BCUT2D eigenvalue weighted by Gasteiger charge is -2.28. The number of halogens is 1. The Morgan fingerprint density at radius 3 is 2.27 bits per heavy atom. The highest BCUT2D eigenvalue weighted by Crippen LogP contribution is 2.35. The second-order valence-electron chi connectivity index (χ2n) is 12.8. The third-order valence-electron chi connectivity index (χ3n) is 6.88. The summed E-state index contributed by atoms with van der Waals surface area (Å²) < 4.78 is 32.8. The van der Waals surface area contributed by atoms with Crippen LogP contribution in [-0.2, 0) is 20.8 Å². The highest BCUT2D eigenvalue weighted by molar-refractivity contribution is 6.14. The standard InChI is InChI=1S/C33H39FN6O5/c1-32(2,3)44-30(41)40(31(42)45-33(4,5)6)29-28-24(10-11-26(37-28)22-8-7-9-23(34)18-22)25(19-35-29)27-20-39(21-36-27)13-12-38-14-16-43-17-15-38/h7-11,18-21H,12-17H2,1-6H3. The lowest BCUT2D eigenvalue weighted by Crippen LogP contribution is -2.44. The van der Waals surface area contributed by atoms with Crippen LogP contribution in [0.1, 0.15) is 41.5 Å². The van der Waals surface area contributed by atoms with Gasteiger partial charge in [0.15, 0.2) is 5.82 Å². The fourth-order valence-electron chi connectivity index (χ4n) is 4.85. The van der Waals surface area contributed by atoms with Crippen molar-refractivity contribution in [3.05, 3.63) is 60.9 Å².